The van der Waals surface area contributed by atoms with Gasteiger partial charge in [-0.2, -0.15) is 0 Å². The van der Waals surface area contributed by atoms with E-state index in [-0.39, 0.29) is 25.6 Å². The molecule has 1 amide bonds. The smallest absolute Gasteiger partial charge is 0.433 e. The molecule has 0 atom stereocenters. The van der Waals surface area contributed by atoms with E-state index in [0.717, 1.165) is 5.69 Å². The summed E-state index contributed by atoms with van der Waals surface area (Å²) in [6.07, 6.45) is -0.737. The number of aliphatic hydroxyl groups excluding tert-OH is 2. The average Bonchev–Trinajstić information content (AvgIpc) is 3.10. The van der Waals surface area contributed by atoms with E-state index in [4.69, 9.17) is 19.4 Å². The lowest BCUT2D eigenvalue weighted by molar-refractivity contribution is -0.402. The summed E-state index contributed by atoms with van der Waals surface area (Å²) < 4.78 is 9.82. The topological polar surface area (TPSA) is 138 Å². The van der Waals surface area contributed by atoms with Crippen molar-refractivity contribution in [3.63, 3.8) is 0 Å². The van der Waals surface area contributed by atoms with Gasteiger partial charge in [0.25, 0.3) is 0 Å². The van der Waals surface area contributed by atoms with Crippen molar-refractivity contribution < 1.29 is 29.1 Å². The first-order valence-corrected chi connectivity index (χ1v) is 7.77. The molecule has 0 radical (unpaired) electrons. The minimum Gasteiger partial charge on any atom is -0.441 e. The van der Waals surface area contributed by atoms with Crippen molar-refractivity contribution in [3.05, 3.63) is 52.3 Å². The lowest BCUT2D eigenvalue weighted by atomic mass is 10.2. The second-order valence-corrected chi connectivity index (χ2v) is 5.18. The van der Waals surface area contributed by atoms with Crippen molar-refractivity contribution in [1.82, 2.24) is 0 Å². The summed E-state index contributed by atoms with van der Waals surface area (Å²) in [4.78, 5) is 23.4. The van der Waals surface area contributed by atoms with Crippen LogP contribution in [0.1, 0.15) is 5.76 Å². The van der Waals surface area contributed by atoms with E-state index in [0.29, 0.717) is 18.8 Å². The number of ether oxygens (including phenoxy) is 1. The number of amides is 1. The number of nitrogens with one attached hydrogen (secondary N) is 1. The van der Waals surface area contributed by atoms with Crippen LogP contribution in [-0.4, -0.2) is 47.5 Å². The third-order valence-electron chi connectivity index (χ3n) is 3.39. The van der Waals surface area contributed by atoms with E-state index in [1.165, 1.54) is 12.1 Å². The Morgan fingerprint density at radius 2 is 1.81 bits per heavy atom. The second-order valence-electron chi connectivity index (χ2n) is 5.18. The predicted octanol–water partition coefficient (Wildman–Crippen LogP) is 1.73. The molecule has 2 rings (SSSR count). The van der Waals surface area contributed by atoms with Crippen molar-refractivity contribution >= 4 is 23.4 Å². The largest absolute Gasteiger partial charge is 0.441 e. The lowest BCUT2D eigenvalue weighted by Gasteiger charge is -2.23. The standard InChI is InChI=1S/C16H19N3O7/c20-9-7-18(8-10-21)13-3-1-12(2-4-13)17-16(22)25-11-14-5-6-15(26-14)19(23)24/h1-6,20-21H,7-11H2,(H,17,22). The molecule has 10 nitrogen and oxygen atoms in total. The highest BCUT2D eigenvalue weighted by atomic mass is 16.7. The summed E-state index contributed by atoms with van der Waals surface area (Å²) >= 11 is 0. The van der Waals surface area contributed by atoms with Crippen LogP contribution in [0.5, 0.6) is 0 Å². The first-order valence-electron chi connectivity index (χ1n) is 7.77. The van der Waals surface area contributed by atoms with E-state index < -0.39 is 16.9 Å². The Labute approximate surface area is 148 Å². The Morgan fingerprint density at radius 1 is 1.15 bits per heavy atom. The highest BCUT2D eigenvalue weighted by Gasteiger charge is 2.13. The van der Waals surface area contributed by atoms with Gasteiger partial charge in [0.15, 0.2) is 6.61 Å². The first-order chi connectivity index (χ1) is 12.5. The molecule has 1 aromatic heterocycles. The van der Waals surface area contributed by atoms with Crippen LogP contribution in [0.2, 0.25) is 0 Å². The fourth-order valence-electron chi connectivity index (χ4n) is 2.20. The van der Waals surface area contributed by atoms with Crippen molar-refractivity contribution in [2.45, 2.75) is 6.61 Å². The highest BCUT2D eigenvalue weighted by Crippen LogP contribution is 2.19. The number of benzene rings is 1. The van der Waals surface area contributed by atoms with Crippen molar-refractivity contribution in [2.24, 2.45) is 0 Å². The van der Waals surface area contributed by atoms with Gasteiger partial charge in [0.1, 0.15) is 10.7 Å². The molecule has 140 valence electrons. The molecular weight excluding hydrogens is 346 g/mol. The van der Waals surface area contributed by atoms with Gasteiger partial charge in [0.05, 0.1) is 19.3 Å². The van der Waals surface area contributed by atoms with E-state index >= 15 is 0 Å². The molecule has 0 saturated carbocycles. The van der Waals surface area contributed by atoms with E-state index in [2.05, 4.69) is 5.32 Å². The van der Waals surface area contributed by atoms with Gasteiger partial charge in [-0.05, 0) is 30.3 Å². The average molecular weight is 365 g/mol. The van der Waals surface area contributed by atoms with Gasteiger partial charge in [0.2, 0.25) is 0 Å². The van der Waals surface area contributed by atoms with E-state index in [1.54, 1.807) is 29.2 Å². The van der Waals surface area contributed by atoms with Gasteiger partial charge in [-0.15, -0.1) is 0 Å². The number of nitro groups is 1. The van der Waals surface area contributed by atoms with Gasteiger partial charge in [-0.1, -0.05) is 0 Å². The van der Waals surface area contributed by atoms with Crippen LogP contribution < -0.4 is 10.2 Å². The minimum atomic E-state index is -0.737. The summed E-state index contributed by atoms with van der Waals surface area (Å²) in [7, 11) is 0. The molecule has 1 heterocycles. The van der Waals surface area contributed by atoms with Gasteiger partial charge in [0, 0.05) is 24.5 Å². The lowest BCUT2D eigenvalue weighted by Crippen LogP contribution is -2.29. The molecule has 0 spiro atoms. The summed E-state index contributed by atoms with van der Waals surface area (Å²) in [6, 6.07) is 9.30. The Morgan fingerprint density at radius 3 is 2.35 bits per heavy atom. The van der Waals surface area contributed by atoms with Crippen LogP contribution in [0, 0.1) is 10.1 Å². The number of aliphatic hydroxyl groups is 2. The van der Waals surface area contributed by atoms with Gasteiger partial charge >= 0.3 is 12.0 Å². The van der Waals surface area contributed by atoms with Crippen LogP contribution in [0.25, 0.3) is 0 Å². The maximum Gasteiger partial charge on any atom is 0.433 e. The Hall–Kier alpha value is -3.11. The predicted molar refractivity (Wildman–Crippen MR) is 92.0 cm³/mol. The number of hydrogen-bond acceptors (Lipinski definition) is 8. The van der Waals surface area contributed by atoms with Gasteiger partial charge < -0.3 is 24.3 Å². The number of hydrogen-bond donors (Lipinski definition) is 3. The maximum atomic E-state index is 11.8. The van der Waals surface area contributed by atoms with Crippen molar-refractivity contribution in [3.8, 4) is 0 Å². The van der Waals surface area contributed by atoms with Crippen LogP contribution in [0.15, 0.2) is 40.8 Å². The fraction of sp³-hybridized carbons (Fsp3) is 0.312. The van der Waals surface area contributed by atoms with Gasteiger partial charge in [-0.3, -0.25) is 15.4 Å². The number of nitrogens with zero attached hydrogens (tertiary/aromatic N) is 2. The number of carbonyl (C=O) groups is 1. The molecule has 0 aliphatic rings. The molecule has 3 N–H and O–H groups in total. The molecule has 0 aliphatic carbocycles. The zero-order valence-electron chi connectivity index (χ0n) is 13.8. The van der Waals surface area contributed by atoms with Crippen LogP contribution in [0.3, 0.4) is 0 Å². The quantitative estimate of drug-likeness (QED) is 0.451. The number of rotatable bonds is 9. The third-order valence-corrected chi connectivity index (χ3v) is 3.39. The van der Waals surface area contributed by atoms with E-state index in [9.17, 15) is 14.9 Å². The molecule has 0 unspecified atom stereocenters. The Bertz CT molecular complexity index is 724. The monoisotopic (exact) mass is 365 g/mol. The second kappa shape index (κ2) is 9.39. The van der Waals surface area contributed by atoms with Crippen LogP contribution in [0.4, 0.5) is 22.1 Å². The fourth-order valence-corrected chi connectivity index (χ4v) is 2.20. The van der Waals surface area contributed by atoms with Crippen LogP contribution >= 0.6 is 0 Å². The van der Waals surface area contributed by atoms with E-state index in [1.807, 2.05) is 0 Å². The summed E-state index contributed by atoms with van der Waals surface area (Å²) in [5.41, 5.74) is 1.27. The van der Waals surface area contributed by atoms with Gasteiger partial charge in [-0.25, -0.2) is 4.79 Å². The molecule has 10 heteroatoms. The third kappa shape index (κ3) is 5.46. The summed E-state index contributed by atoms with van der Waals surface area (Å²) in [6.45, 7) is 0.433. The zero-order valence-corrected chi connectivity index (χ0v) is 13.8. The Kier molecular flexibility index (Phi) is 6.94. The number of anilines is 2. The van der Waals surface area contributed by atoms with Crippen LogP contribution in [-0.2, 0) is 11.3 Å². The van der Waals surface area contributed by atoms with Crippen molar-refractivity contribution in [1.29, 1.82) is 0 Å². The van der Waals surface area contributed by atoms with Crippen molar-refractivity contribution in [2.75, 3.05) is 36.5 Å². The normalized spacial score (nSPS) is 10.4. The molecule has 0 fully saturated rings. The summed E-state index contributed by atoms with van der Waals surface area (Å²) in [5, 5.41) is 31.1. The molecular formula is C16H19N3O7. The molecule has 0 saturated heterocycles. The molecule has 0 aliphatic heterocycles. The summed E-state index contributed by atoms with van der Waals surface area (Å²) in [5.74, 6) is -0.263. The molecule has 0 bridgehead atoms. The Balaban J connectivity index is 1.87. The molecule has 1 aromatic carbocycles. The SMILES string of the molecule is O=C(Nc1ccc(N(CCO)CCO)cc1)OCc1ccc([N+](=O)[O-])o1. The minimum absolute atomic E-state index is 0.0444. The highest BCUT2D eigenvalue weighted by molar-refractivity contribution is 5.84. The number of furan rings is 1. The molecule has 26 heavy (non-hydrogen) atoms. The molecule has 2 aromatic rings. The first kappa shape index (κ1) is 19.2. The number of carbonyl (C=O) groups excluding carboxylic acids is 1. The zero-order chi connectivity index (χ0) is 18.9. The maximum absolute atomic E-state index is 11.8.